The highest BCUT2D eigenvalue weighted by Crippen LogP contribution is 2.14. The van der Waals surface area contributed by atoms with Crippen molar-refractivity contribution >= 4 is 0 Å². The van der Waals surface area contributed by atoms with E-state index in [9.17, 15) is 0 Å². The Morgan fingerprint density at radius 1 is 0.800 bits per heavy atom. The first-order valence-electron chi connectivity index (χ1n) is 7.47. The van der Waals surface area contributed by atoms with Crippen LogP contribution in [-0.2, 0) is 18.9 Å². The standard InChI is InChI=1S/C10H18O3.C4H10O3/c1-3-9(12-5-1)7-11-8-10-4-2-6-13-10;5-1-3-7-4-2-6/h9-10H,1-8H2;5-6H,1-4H2. The molecule has 0 spiro atoms. The molecule has 2 aliphatic rings. The van der Waals surface area contributed by atoms with Crippen molar-refractivity contribution in [3.63, 3.8) is 0 Å². The van der Waals surface area contributed by atoms with E-state index >= 15 is 0 Å². The van der Waals surface area contributed by atoms with Gasteiger partial charge in [0.2, 0.25) is 0 Å². The summed E-state index contributed by atoms with van der Waals surface area (Å²) in [7, 11) is 0. The van der Waals surface area contributed by atoms with Crippen LogP contribution < -0.4 is 0 Å². The molecule has 0 aromatic carbocycles. The van der Waals surface area contributed by atoms with E-state index in [2.05, 4.69) is 4.74 Å². The van der Waals surface area contributed by atoms with Crippen LogP contribution in [0.3, 0.4) is 0 Å². The van der Waals surface area contributed by atoms with Gasteiger partial charge in [-0.25, -0.2) is 0 Å². The van der Waals surface area contributed by atoms with Gasteiger partial charge in [0.1, 0.15) is 0 Å². The number of ether oxygens (including phenoxy) is 4. The van der Waals surface area contributed by atoms with Gasteiger partial charge in [-0.3, -0.25) is 0 Å². The monoisotopic (exact) mass is 292 g/mol. The van der Waals surface area contributed by atoms with Gasteiger partial charge in [-0.2, -0.15) is 0 Å². The molecular weight excluding hydrogens is 264 g/mol. The average molecular weight is 292 g/mol. The molecular formula is C14H28O6. The van der Waals surface area contributed by atoms with Crippen molar-refractivity contribution in [2.75, 3.05) is 52.9 Å². The van der Waals surface area contributed by atoms with Gasteiger partial charge in [-0.1, -0.05) is 0 Å². The minimum atomic E-state index is 0.0278. The van der Waals surface area contributed by atoms with E-state index in [1.54, 1.807) is 0 Å². The molecule has 0 aliphatic carbocycles. The smallest absolute Gasteiger partial charge is 0.0809 e. The number of rotatable bonds is 8. The molecule has 0 radical (unpaired) electrons. The minimum absolute atomic E-state index is 0.0278. The summed E-state index contributed by atoms with van der Waals surface area (Å²) in [5, 5.41) is 16.2. The highest BCUT2D eigenvalue weighted by Gasteiger charge is 2.18. The van der Waals surface area contributed by atoms with Gasteiger partial charge in [0.25, 0.3) is 0 Å². The van der Waals surface area contributed by atoms with Crippen LogP contribution in [0.4, 0.5) is 0 Å². The summed E-state index contributed by atoms with van der Waals surface area (Å²) in [5.74, 6) is 0. The number of aliphatic hydroxyl groups excluding tert-OH is 2. The van der Waals surface area contributed by atoms with Crippen LogP contribution in [0, 0.1) is 0 Å². The molecule has 0 aromatic heterocycles. The van der Waals surface area contributed by atoms with Crippen molar-refractivity contribution in [3.8, 4) is 0 Å². The van der Waals surface area contributed by atoms with Crippen LogP contribution in [0.1, 0.15) is 25.7 Å². The summed E-state index contributed by atoms with van der Waals surface area (Å²) in [6.07, 6.45) is 5.39. The van der Waals surface area contributed by atoms with E-state index in [1.807, 2.05) is 0 Å². The Hall–Kier alpha value is -0.240. The molecule has 2 aliphatic heterocycles. The first-order chi connectivity index (χ1) is 9.86. The van der Waals surface area contributed by atoms with Crippen LogP contribution in [0.15, 0.2) is 0 Å². The van der Waals surface area contributed by atoms with Gasteiger partial charge >= 0.3 is 0 Å². The maximum absolute atomic E-state index is 8.09. The van der Waals surface area contributed by atoms with Crippen LogP contribution >= 0.6 is 0 Å². The minimum Gasteiger partial charge on any atom is -0.394 e. The summed E-state index contributed by atoms with van der Waals surface area (Å²) >= 11 is 0. The molecule has 2 unspecified atom stereocenters. The van der Waals surface area contributed by atoms with Crippen LogP contribution in [-0.4, -0.2) is 75.3 Å². The van der Waals surface area contributed by atoms with Crippen molar-refractivity contribution in [2.45, 2.75) is 37.9 Å². The molecule has 120 valence electrons. The predicted octanol–water partition coefficient (Wildman–Crippen LogP) is 0.349. The van der Waals surface area contributed by atoms with Gasteiger partial charge in [0, 0.05) is 13.2 Å². The quantitative estimate of drug-likeness (QED) is 0.629. The summed E-state index contributed by atoms with van der Waals surface area (Å²) in [5.41, 5.74) is 0. The Morgan fingerprint density at radius 3 is 1.65 bits per heavy atom. The van der Waals surface area contributed by atoms with E-state index in [1.165, 1.54) is 12.8 Å². The van der Waals surface area contributed by atoms with E-state index in [0.717, 1.165) is 39.3 Å². The Morgan fingerprint density at radius 2 is 1.30 bits per heavy atom. The second-order valence-electron chi connectivity index (χ2n) is 4.87. The summed E-state index contributed by atoms with van der Waals surface area (Å²) < 4.78 is 21.1. The molecule has 2 saturated heterocycles. The van der Waals surface area contributed by atoms with E-state index in [-0.39, 0.29) is 13.2 Å². The highest BCUT2D eigenvalue weighted by atomic mass is 16.6. The second kappa shape index (κ2) is 12.5. The van der Waals surface area contributed by atoms with Crippen molar-refractivity contribution in [1.29, 1.82) is 0 Å². The highest BCUT2D eigenvalue weighted by molar-refractivity contribution is 4.66. The molecule has 2 heterocycles. The lowest BCUT2D eigenvalue weighted by Gasteiger charge is -2.13. The Kier molecular flexibility index (Phi) is 11.1. The van der Waals surface area contributed by atoms with Gasteiger partial charge < -0.3 is 29.2 Å². The van der Waals surface area contributed by atoms with E-state index < -0.39 is 0 Å². The fourth-order valence-corrected chi connectivity index (χ4v) is 2.11. The normalized spacial score (nSPS) is 25.5. The largest absolute Gasteiger partial charge is 0.394 e. The molecule has 6 heteroatoms. The topological polar surface area (TPSA) is 77.4 Å². The van der Waals surface area contributed by atoms with Crippen LogP contribution in [0.2, 0.25) is 0 Å². The van der Waals surface area contributed by atoms with Gasteiger partial charge in [-0.05, 0) is 25.7 Å². The average Bonchev–Trinajstić information content (AvgIpc) is 3.13. The van der Waals surface area contributed by atoms with E-state index in [0.29, 0.717) is 25.4 Å². The lowest BCUT2D eigenvalue weighted by Crippen LogP contribution is -2.20. The molecule has 2 atom stereocenters. The van der Waals surface area contributed by atoms with Gasteiger partial charge in [0.05, 0.1) is 51.8 Å². The van der Waals surface area contributed by atoms with Crippen molar-refractivity contribution in [1.82, 2.24) is 0 Å². The van der Waals surface area contributed by atoms with Crippen molar-refractivity contribution in [2.24, 2.45) is 0 Å². The van der Waals surface area contributed by atoms with Crippen molar-refractivity contribution in [3.05, 3.63) is 0 Å². The second-order valence-corrected chi connectivity index (χ2v) is 4.87. The number of hydrogen-bond acceptors (Lipinski definition) is 6. The SMILES string of the molecule is C1COC(COCC2CCCO2)C1.OCCOCCO. The third kappa shape index (κ3) is 8.84. The van der Waals surface area contributed by atoms with E-state index in [4.69, 9.17) is 24.4 Å². The molecule has 20 heavy (non-hydrogen) atoms. The Bertz CT molecular complexity index is 182. The predicted molar refractivity (Wildman–Crippen MR) is 73.8 cm³/mol. The molecule has 0 amide bonds. The summed E-state index contributed by atoms with van der Waals surface area (Å²) in [6, 6.07) is 0. The maximum Gasteiger partial charge on any atom is 0.0809 e. The van der Waals surface area contributed by atoms with Crippen molar-refractivity contribution < 1.29 is 29.2 Å². The lowest BCUT2D eigenvalue weighted by molar-refractivity contribution is -0.0245. The molecule has 0 aromatic rings. The fourth-order valence-electron chi connectivity index (χ4n) is 2.11. The molecule has 2 rings (SSSR count). The maximum atomic E-state index is 8.09. The summed E-state index contributed by atoms with van der Waals surface area (Å²) in [6.45, 7) is 4.02. The third-order valence-corrected chi connectivity index (χ3v) is 3.13. The molecule has 0 saturated carbocycles. The number of aliphatic hydroxyl groups is 2. The zero-order valence-corrected chi connectivity index (χ0v) is 12.2. The molecule has 2 fully saturated rings. The first-order valence-corrected chi connectivity index (χ1v) is 7.47. The molecule has 2 N–H and O–H groups in total. The lowest BCUT2D eigenvalue weighted by atomic mass is 10.2. The van der Waals surface area contributed by atoms with Crippen LogP contribution in [0.25, 0.3) is 0 Å². The third-order valence-electron chi connectivity index (χ3n) is 3.13. The molecule has 6 nitrogen and oxygen atoms in total. The van der Waals surface area contributed by atoms with Gasteiger partial charge in [0.15, 0.2) is 0 Å². The van der Waals surface area contributed by atoms with Gasteiger partial charge in [-0.15, -0.1) is 0 Å². The molecule has 0 bridgehead atoms. The zero-order valence-electron chi connectivity index (χ0n) is 12.2. The zero-order chi connectivity index (χ0) is 14.5. The number of hydrogen-bond donors (Lipinski definition) is 2. The first kappa shape index (κ1) is 17.8. The summed E-state index contributed by atoms with van der Waals surface area (Å²) in [4.78, 5) is 0. The Labute approximate surface area is 121 Å². The fraction of sp³-hybridized carbons (Fsp3) is 1.00. The Balaban J connectivity index is 0.000000246. The van der Waals surface area contributed by atoms with Crippen LogP contribution in [0.5, 0.6) is 0 Å².